The van der Waals surface area contributed by atoms with E-state index in [0.29, 0.717) is 6.54 Å². The summed E-state index contributed by atoms with van der Waals surface area (Å²) >= 11 is 0. The summed E-state index contributed by atoms with van der Waals surface area (Å²) in [6.45, 7) is 0.432. The van der Waals surface area contributed by atoms with Crippen LogP contribution in [0.2, 0.25) is 0 Å². The van der Waals surface area contributed by atoms with E-state index in [1.54, 1.807) is 23.1 Å². The fourth-order valence-corrected chi connectivity index (χ4v) is 1.54. The van der Waals surface area contributed by atoms with Gasteiger partial charge in [0, 0.05) is 31.6 Å². The molecule has 0 radical (unpaired) electrons. The summed E-state index contributed by atoms with van der Waals surface area (Å²) in [5.41, 5.74) is 0.211. The Labute approximate surface area is 108 Å². The Kier molecular flexibility index (Phi) is 3.87. The molecule has 2 aromatic rings. The third kappa shape index (κ3) is 3.38. The highest BCUT2D eigenvalue weighted by molar-refractivity contribution is 6.00. The molecule has 0 aliphatic rings. The van der Waals surface area contributed by atoms with Gasteiger partial charge in [0.2, 0.25) is 5.91 Å². The molecule has 7 heteroatoms. The first-order chi connectivity index (χ1) is 9.16. The molecule has 0 aliphatic heterocycles. The van der Waals surface area contributed by atoms with Crippen LogP contribution in [0.1, 0.15) is 16.8 Å². The van der Waals surface area contributed by atoms with Crippen molar-refractivity contribution in [1.82, 2.24) is 14.8 Å². The van der Waals surface area contributed by atoms with Crippen LogP contribution in [0.5, 0.6) is 0 Å². The topological polar surface area (TPSA) is 97.1 Å². The van der Waals surface area contributed by atoms with E-state index in [-0.39, 0.29) is 23.6 Å². The van der Waals surface area contributed by atoms with Crippen LogP contribution in [0.4, 0.5) is 5.69 Å². The Balaban J connectivity index is 1.97. The summed E-state index contributed by atoms with van der Waals surface area (Å²) in [7, 11) is 0. The quantitative estimate of drug-likeness (QED) is 0.836. The zero-order chi connectivity index (χ0) is 13.7. The Bertz CT molecular complexity index is 580. The summed E-state index contributed by atoms with van der Waals surface area (Å²) in [5.74, 6) is -1.39. The highest BCUT2D eigenvalue weighted by atomic mass is 16.4. The third-order valence-electron chi connectivity index (χ3n) is 2.45. The number of aromatic carboxylic acids is 1. The van der Waals surface area contributed by atoms with Crippen LogP contribution in [-0.2, 0) is 11.3 Å². The van der Waals surface area contributed by atoms with Crippen molar-refractivity contribution in [3.05, 3.63) is 42.5 Å². The Morgan fingerprint density at radius 1 is 1.37 bits per heavy atom. The first-order valence-corrected chi connectivity index (χ1v) is 5.61. The maximum absolute atomic E-state index is 11.7. The molecule has 0 spiro atoms. The molecular weight excluding hydrogens is 248 g/mol. The molecular formula is C12H12N4O3. The molecule has 2 heterocycles. The molecule has 98 valence electrons. The summed E-state index contributed by atoms with van der Waals surface area (Å²) in [6, 6.07) is 3.10. The smallest absolute Gasteiger partial charge is 0.337 e. The largest absolute Gasteiger partial charge is 0.478 e. The van der Waals surface area contributed by atoms with Crippen molar-refractivity contribution in [3.63, 3.8) is 0 Å². The van der Waals surface area contributed by atoms with Crippen LogP contribution in [0.25, 0.3) is 0 Å². The van der Waals surface area contributed by atoms with Crippen LogP contribution >= 0.6 is 0 Å². The van der Waals surface area contributed by atoms with E-state index in [2.05, 4.69) is 15.4 Å². The van der Waals surface area contributed by atoms with Crippen LogP contribution in [0.3, 0.4) is 0 Å². The average molecular weight is 260 g/mol. The molecule has 2 aromatic heterocycles. The van der Waals surface area contributed by atoms with Crippen LogP contribution in [-0.4, -0.2) is 31.7 Å². The van der Waals surface area contributed by atoms with Crippen LogP contribution in [0, 0.1) is 0 Å². The number of carbonyl (C=O) groups excluding carboxylic acids is 1. The maximum Gasteiger partial charge on any atom is 0.337 e. The maximum atomic E-state index is 11.7. The number of carbonyl (C=O) groups is 2. The number of amides is 1. The second-order valence-corrected chi connectivity index (χ2v) is 3.79. The Morgan fingerprint density at radius 3 is 2.89 bits per heavy atom. The van der Waals surface area contributed by atoms with E-state index in [4.69, 9.17) is 5.11 Å². The van der Waals surface area contributed by atoms with Crippen molar-refractivity contribution in [3.8, 4) is 0 Å². The first-order valence-electron chi connectivity index (χ1n) is 5.61. The van der Waals surface area contributed by atoms with Gasteiger partial charge in [-0.25, -0.2) is 4.79 Å². The number of nitrogens with zero attached hydrogens (tertiary/aromatic N) is 3. The molecule has 7 nitrogen and oxygen atoms in total. The summed E-state index contributed by atoms with van der Waals surface area (Å²) < 4.78 is 1.63. The zero-order valence-corrected chi connectivity index (χ0v) is 9.98. The second kappa shape index (κ2) is 5.76. The van der Waals surface area contributed by atoms with Crippen molar-refractivity contribution in [2.45, 2.75) is 13.0 Å². The minimum atomic E-state index is -1.11. The van der Waals surface area contributed by atoms with Gasteiger partial charge < -0.3 is 10.4 Å². The molecule has 0 fully saturated rings. The highest BCUT2D eigenvalue weighted by Gasteiger charge is 2.12. The fourth-order valence-electron chi connectivity index (χ4n) is 1.54. The number of hydrogen-bond acceptors (Lipinski definition) is 4. The van der Waals surface area contributed by atoms with Gasteiger partial charge in [0.25, 0.3) is 0 Å². The van der Waals surface area contributed by atoms with E-state index < -0.39 is 5.97 Å². The van der Waals surface area contributed by atoms with Gasteiger partial charge in [-0.05, 0) is 12.1 Å². The Morgan fingerprint density at radius 2 is 2.21 bits per heavy atom. The number of aryl methyl sites for hydroxylation is 1. The van der Waals surface area contributed by atoms with Crippen molar-refractivity contribution in [2.24, 2.45) is 0 Å². The molecule has 0 unspecified atom stereocenters. The van der Waals surface area contributed by atoms with Crippen molar-refractivity contribution in [2.75, 3.05) is 5.32 Å². The van der Waals surface area contributed by atoms with Gasteiger partial charge in [-0.2, -0.15) is 5.10 Å². The lowest BCUT2D eigenvalue weighted by molar-refractivity contribution is -0.116. The van der Waals surface area contributed by atoms with Gasteiger partial charge in [0.05, 0.1) is 17.4 Å². The number of aromatic nitrogens is 3. The van der Waals surface area contributed by atoms with E-state index in [1.807, 2.05) is 0 Å². The summed E-state index contributed by atoms with van der Waals surface area (Å²) in [6.07, 6.45) is 6.26. The molecule has 2 N–H and O–H groups in total. The van der Waals surface area contributed by atoms with E-state index in [1.165, 1.54) is 18.5 Å². The zero-order valence-electron chi connectivity index (χ0n) is 9.98. The first kappa shape index (κ1) is 12.7. The molecule has 0 saturated heterocycles. The summed E-state index contributed by atoms with van der Waals surface area (Å²) in [5, 5.41) is 15.5. The van der Waals surface area contributed by atoms with Crippen LogP contribution in [0.15, 0.2) is 36.9 Å². The number of carboxylic acids is 1. The predicted molar refractivity (Wildman–Crippen MR) is 66.7 cm³/mol. The minimum Gasteiger partial charge on any atom is -0.478 e. The van der Waals surface area contributed by atoms with Gasteiger partial charge in [0.15, 0.2) is 0 Å². The van der Waals surface area contributed by atoms with E-state index in [0.717, 1.165) is 0 Å². The number of pyridine rings is 1. The SMILES string of the molecule is O=C(CCn1cccn1)Nc1cnccc1C(=O)O. The number of nitrogens with one attached hydrogen (secondary N) is 1. The Hall–Kier alpha value is -2.70. The minimum absolute atomic E-state index is 0.0161. The van der Waals surface area contributed by atoms with Gasteiger partial charge in [-0.15, -0.1) is 0 Å². The normalized spacial score (nSPS) is 10.1. The van der Waals surface area contributed by atoms with Crippen molar-refractivity contribution < 1.29 is 14.7 Å². The number of rotatable bonds is 5. The lowest BCUT2D eigenvalue weighted by atomic mass is 10.2. The third-order valence-corrected chi connectivity index (χ3v) is 2.45. The molecule has 2 rings (SSSR count). The molecule has 19 heavy (non-hydrogen) atoms. The highest BCUT2D eigenvalue weighted by Crippen LogP contribution is 2.13. The molecule has 0 saturated carbocycles. The monoisotopic (exact) mass is 260 g/mol. The molecule has 0 atom stereocenters. The van der Waals surface area contributed by atoms with Gasteiger partial charge in [-0.1, -0.05) is 0 Å². The van der Waals surface area contributed by atoms with Gasteiger partial charge in [0.1, 0.15) is 0 Å². The molecule has 0 aliphatic carbocycles. The fraction of sp³-hybridized carbons (Fsp3) is 0.167. The standard InChI is InChI=1S/C12H12N4O3/c17-11(3-7-16-6-1-4-14-16)15-10-8-13-5-2-9(10)12(18)19/h1-2,4-6,8H,3,7H2,(H,15,17)(H,18,19). The molecule has 0 bridgehead atoms. The predicted octanol–water partition coefficient (Wildman–Crippen LogP) is 1.01. The number of carboxylic acid groups (broad SMARTS) is 1. The van der Waals surface area contributed by atoms with Crippen molar-refractivity contribution in [1.29, 1.82) is 0 Å². The van der Waals surface area contributed by atoms with Crippen molar-refractivity contribution >= 4 is 17.6 Å². The lowest BCUT2D eigenvalue weighted by Crippen LogP contribution is -2.17. The van der Waals surface area contributed by atoms with Crippen LogP contribution < -0.4 is 5.32 Å². The second-order valence-electron chi connectivity index (χ2n) is 3.79. The lowest BCUT2D eigenvalue weighted by Gasteiger charge is -2.07. The molecule has 1 amide bonds. The number of anilines is 1. The van der Waals surface area contributed by atoms with Gasteiger partial charge >= 0.3 is 5.97 Å². The van der Waals surface area contributed by atoms with E-state index in [9.17, 15) is 9.59 Å². The van der Waals surface area contributed by atoms with Gasteiger partial charge in [-0.3, -0.25) is 14.5 Å². The average Bonchev–Trinajstić information content (AvgIpc) is 2.90. The number of hydrogen-bond donors (Lipinski definition) is 2. The summed E-state index contributed by atoms with van der Waals surface area (Å²) in [4.78, 5) is 26.5. The molecule has 0 aromatic carbocycles. The van der Waals surface area contributed by atoms with E-state index >= 15 is 0 Å².